The zero-order valence-corrected chi connectivity index (χ0v) is 18.3. The summed E-state index contributed by atoms with van der Waals surface area (Å²) < 4.78 is 0. The summed E-state index contributed by atoms with van der Waals surface area (Å²) in [5.74, 6) is 0. The third kappa shape index (κ3) is 4.73. The molecule has 2 aromatic carbocycles. The maximum absolute atomic E-state index is 13.1. The molecule has 0 bridgehead atoms. The standard InChI is InChI=1S/C25H30N4O2/c1-25(2)18-28(24(31)29(25)14-20-9-7-19(13-26)8-10-20)17-23(30)16-27-12-11-21-5-3-4-6-22(21)15-27/h3-10,23,30H,11-12,14-18H2,1-2H3. The Balaban J connectivity index is 1.35. The fourth-order valence-corrected chi connectivity index (χ4v) is 4.66. The highest BCUT2D eigenvalue weighted by Gasteiger charge is 2.43. The summed E-state index contributed by atoms with van der Waals surface area (Å²) in [4.78, 5) is 19.0. The van der Waals surface area contributed by atoms with E-state index < -0.39 is 6.10 Å². The Morgan fingerprint density at radius 1 is 1.10 bits per heavy atom. The van der Waals surface area contributed by atoms with Gasteiger partial charge in [0.05, 0.1) is 23.3 Å². The molecule has 1 fully saturated rings. The second-order valence-corrected chi connectivity index (χ2v) is 9.28. The Bertz CT molecular complexity index is 980. The van der Waals surface area contributed by atoms with Crippen LogP contribution in [0.3, 0.4) is 0 Å². The Hall–Kier alpha value is -2.88. The minimum Gasteiger partial charge on any atom is -0.390 e. The number of aliphatic hydroxyl groups is 1. The molecular formula is C25H30N4O2. The molecule has 0 radical (unpaired) electrons. The van der Waals surface area contributed by atoms with Crippen LogP contribution in [0.15, 0.2) is 48.5 Å². The molecule has 2 heterocycles. The van der Waals surface area contributed by atoms with Crippen LogP contribution in [0.2, 0.25) is 0 Å². The Morgan fingerprint density at radius 2 is 1.81 bits per heavy atom. The molecule has 0 spiro atoms. The number of rotatable bonds is 6. The van der Waals surface area contributed by atoms with Gasteiger partial charge >= 0.3 is 6.03 Å². The van der Waals surface area contributed by atoms with E-state index in [1.54, 1.807) is 17.0 Å². The van der Waals surface area contributed by atoms with Crippen molar-refractivity contribution >= 4 is 6.03 Å². The normalized spacial score (nSPS) is 19.2. The summed E-state index contributed by atoms with van der Waals surface area (Å²) in [5.41, 5.74) is 4.00. The SMILES string of the molecule is CC1(C)CN(CC(O)CN2CCc3ccccc3C2)C(=O)N1Cc1ccc(C#N)cc1. The average molecular weight is 419 g/mol. The molecular weight excluding hydrogens is 388 g/mol. The smallest absolute Gasteiger partial charge is 0.320 e. The minimum absolute atomic E-state index is 0.0441. The van der Waals surface area contributed by atoms with Crippen LogP contribution in [-0.4, -0.2) is 63.7 Å². The number of amides is 2. The molecule has 2 aliphatic heterocycles. The number of hydrogen-bond donors (Lipinski definition) is 1. The second kappa shape index (κ2) is 8.70. The first kappa shape index (κ1) is 21.4. The number of β-amino-alcohol motifs (C(OH)–C–C–N with tert-alkyl or cyclic N) is 1. The van der Waals surface area contributed by atoms with Crippen LogP contribution in [0.1, 0.15) is 36.1 Å². The minimum atomic E-state index is -0.583. The first-order valence-electron chi connectivity index (χ1n) is 10.9. The lowest BCUT2D eigenvalue weighted by molar-refractivity contribution is 0.0808. The zero-order chi connectivity index (χ0) is 22.0. The summed E-state index contributed by atoms with van der Waals surface area (Å²) in [6.45, 7) is 7.87. The van der Waals surface area contributed by atoms with Gasteiger partial charge in [-0.05, 0) is 49.1 Å². The average Bonchev–Trinajstić information content (AvgIpc) is 2.96. The number of nitriles is 1. The van der Waals surface area contributed by atoms with E-state index in [9.17, 15) is 9.90 Å². The van der Waals surface area contributed by atoms with Gasteiger partial charge in [-0.25, -0.2) is 4.79 Å². The fourth-order valence-electron chi connectivity index (χ4n) is 4.66. The van der Waals surface area contributed by atoms with Gasteiger partial charge in [-0.1, -0.05) is 36.4 Å². The van der Waals surface area contributed by atoms with Crippen molar-refractivity contribution in [2.75, 3.05) is 26.2 Å². The van der Waals surface area contributed by atoms with Crippen molar-refractivity contribution < 1.29 is 9.90 Å². The van der Waals surface area contributed by atoms with E-state index in [1.807, 2.05) is 17.0 Å². The highest BCUT2D eigenvalue weighted by molar-refractivity contribution is 5.78. The molecule has 162 valence electrons. The summed E-state index contributed by atoms with van der Waals surface area (Å²) >= 11 is 0. The lowest BCUT2D eigenvalue weighted by Gasteiger charge is -2.31. The first-order chi connectivity index (χ1) is 14.9. The zero-order valence-electron chi connectivity index (χ0n) is 18.3. The van der Waals surface area contributed by atoms with Crippen LogP contribution >= 0.6 is 0 Å². The van der Waals surface area contributed by atoms with Crippen LogP contribution in [0.25, 0.3) is 0 Å². The third-order valence-electron chi connectivity index (χ3n) is 6.34. The molecule has 1 saturated heterocycles. The van der Waals surface area contributed by atoms with Gasteiger partial charge in [0.2, 0.25) is 0 Å². The molecule has 1 unspecified atom stereocenters. The maximum Gasteiger partial charge on any atom is 0.320 e. The van der Waals surface area contributed by atoms with Crippen LogP contribution in [-0.2, 0) is 19.5 Å². The van der Waals surface area contributed by atoms with Crippen molar-refractivity contribution in [1.29, 1.82) is 5.26 Å². The number of fused-ring (bicyclic) bond motifs is 1. The van der Waals surface area contributed by atoms with Gasteiger partial charge in [0.25, 0.3) is 0 Å². The summed E-state index contributed by atoms with van der Waals surface area (Å²) in [6.07, 6.45) is 0.414. The van der Waals surface area contributed by atoms with Crippen LogP contribution in [0.5, 0.6) is 0 Å². The first-order valence-corrected chi connectivity index (χ1v) is 10.9. The van der Waals surface area contributed by atoms with E-state index in [1.165, 1.54) is 11.1 Å². The molecule has 1 N–H and O–H groups in total. The van der Waals surface area contributed by atoms with Gasteiger partial charge in [0.1, 0.15) is 0 Å². The summed E-state index contributed by atoms with van der Waals surface area (Å²) in [6, 6.07) is 17.9. The summed E-state index contributed by atoms with van der Waals surface area (Å²) in [5, 5.41) is 19.7. The predicted octanol–water partition coefficient (Wildman–Crippen LogP) is 2.99. The van der Waals surface area contributed by atoms with Crippen molar-refractivity contribution in [1.82, 2.24) is 14.7 Å². The third-order valence-corrected chi connectivity index (χ3v) is 6.34. The molecule has 0 aliphatic carbocycles. The molecule has 2 amide bonds. The lowest BCUT2D eigenvalue weighted by Crippen LogP contribution is -2.43. The molecule has 0 saturated carbocycles. The van der Waals surface area contributed by atoms with Crippen LogP contribution < -0.4 is 0 Å². The number of benzene rings is 2. The Kier molecular flexibility index (Phi) is 5.99. The van der Waals surface area contributed by atoms with Gasteiger partial charge in [-0.15, -0.1) is 0 Å². The van der Waals surface area contributed by atoms with Crippen molar-refractivity contribution in [2.24, 2.45) is 0 Å². The number of nitrogens with zero attached hydrogens (tertiary/aromatic N) is 4. The second-order valence-electron chi connectivity index (χ2n) is 9.28. The van der Waals surface area contributed by atoms with Crippen molar-refractivity contribution in [3.63, 3.8) is 0 Å². The number of carbonyl (C=O) groups is 1. The van der Waals surface area contributed by atoms with Crippen molar-refractivity contribution in [2.45, 2.75) is 45.0 Å². The van der Waals surface area contributed by atoms with Crippen LogP contribution in [0.4, 0.5) is 4.79 Å². The highest BCUT2D eigenvalue weighted by Crippen LogP contribution is 2.28. The van der Waals surface area contributed by atoms with E-state index in [4.69, 9.17) is 5.26 Å². The quantitative estimate of drug-likeness (QED) is 0.783. The molecule has 6 nitrogen and oxygen atoms in total. The monoisotopic (exact) mass is 418 g/mol. The van der Waals surface area contributed by atoms with Gasteiger partial charge in [0, 0.05) is 39.3 Å². The Labute approximate surface area is 184 Å². The van der Waals surface area contributed by atoms with Gasteiger partial charge in [-0.3, -0.25) is 4.90 Å². The van der Waals surface area contributed by atoms with Crippen molar-refractivity contribution in [3.05, 3.63) is 70.8 Å². The van der Waals surface area contributed by atoms with E-state index in [0.29, 0.717) is 31.7 Å². The van der Waals surface area contributed by atoms with Crippen LogP contribution in [0, 0.1) is 11.3 Å². The Morgan fingerprint density at radius 3 is 2.52 bits per heavy atom. The molecule has 2 aromatic rings. The van der Waals surface area contributed by atoms with E-state index in [0.717, 1.165) is 25.1 Å². The molecule has 4 rings (SSSR count). The highest BCUT2D eigenvalue weighted by atomic mass is 16.3. The number of carbonyl (C=O) groups excluding carboxylic acids is 1. The summed E-state index contributed by atoms with van der Waals surface area (Å²) in [7, 11) is 0. The fraction of sp³-hybridized carbons (Fsp3) is 0.440. The molecule has 2 aliphatic rings. The van der Waals surface area contributed by atoms with Gasteiger partial charge in [0.15, 0.2) is 0 Å². The molecule has 6 heteroatoms. The van der Waals surface area contributed by atoms with E-state index in [-0.39, 0.29) is 11.6 Å². The number of urea groups is 1. The predicted molar refractivity (Wildman–Crippen MR) is 119 cm³/mol. The van der Waals surface area contributed by atoms with Gasteiger partial charge in [-0.2, -0.15) is 5.26 Å². The lowest BCUT2D eigenvalue weighted by atomic mass is 10.00. The topological polar surface area (TPSA) is 70.8 Å². The number of aliphatic hydroxyl groups excluding tert-OH is 1. The molecule has 0 aromatic heterocycles. The van der Waals surface area contributed by atoms with Gasteiger partial charge < -0.3 is 14.9 Å². The largest absolute Gasteiger partial charge is 0.390 e. The van der Waals surface area contributed by atoms with E-state index in [2.05, 4.69) is 49.1 Å². The molecule has 31 heavy (non-hydrogen) atoms. The van der Waals surface area contributed by atoms with E-state index >= 15 is 0 Å². The number of hydrogen-bond acceptors (Lipinski definition) is 4. The van der Waals surface area contributed by atoms with Crippen molar-refractivity contribution in [3.8, 4) is 6.07 Å². The molecule has 1 atom stereocenters. The maximum atomic E-state index is 13.1.